The number of carbonyl (C=O) groups is 1. The Morgan fingerprint density at radius 3 is 2.79 bits per heavy atom. The number of carbonyl (C=O) groups excluding carboxylic acids is 1. The lowest BCUT2D eigenvalue weighted by Crippen LogP contribution is -2.40. The largest absolute Gasteiger partial charge is 0.378 e. The van der Waals surface area contributed by atoms with E-state index in [-0.39, 0.29) is 18.3 Å². The van der Waals surface area contributed by atoms with E-state index < -0.39 is 0 Å². The van der Waals surface area contributed by atoms with Crippen LogP contribution in [0.3, 0.4) is 0 Å². The number of thiophene rings is 1. The monoisotopic (exact) mass is 304 g/mol. The number of rotatable bonds is 5. The molecule has 108 valence electrons. The van der Waals surface area contributed by atoms with Gasteiger partial charge in [-0.25, -0.2) is 0 Å². The Morgan fingerprint density at radius 1 is 1.47 bits per heavy atom. The lowest BCUT2D eigenvalue weighted by Gasteiger charge is -2.31. The molecule has 0 atom stereocenters. The highest BCUT2D eigenvalue weighted by Gasteiger charge is 2.24. The summed E-state index contributed by atoms with van der Waals surface area (Å²) < 4.78 is 5.73. The van der Waals surface area contributed by atoms with Crippen LogP contribution in [0, 0.1) is 0 Å². The molecule has 1 fully saturated rings. The molecule has 0 saturated carbocycles. The van der Waals surface area contributed by atoms with Crippen LogP contribution in [0.25, 0.3) is 0 Å². The van der Waals surface area contributed by atoms with Crippen LogP contribution in [0.5, 0.6) is 0 Å². The fourth-order valence-corrected chi connectivity index (χ4v) is 2.81. The second kappa shape index (κ2) is 8.53. The minimum atomic E-state index is 0. The SMILES string of the molecule is Cl.NCCCOC1CCN(C(=O)c2cccs2)CC1. The van der Waals surface area contributed by atoms with Gasteiger partial charge in [0.05, 0.1) is 11.0 Å². The van der Waals surface area contributed by atoms with Gasteiger partial charge < -0.3 is 15.4 Å². The highest BCUT2D eigenvalue weighted by atomic mass is 35.5. The van der Waals surface area contributed by atoms with E-state index in [1.54, 1.807) is 0 Å². The Morgan fingerprint density at radius 2 is 2.21 bits per heavy atom. The predicted molar refractivity (Wildman–Crippen MR) is 80.1 cm³/mol. The number of ether oxygens (including phenoxy) is 1. The highest BCUT2D eigenvalue weighted by Crippen LogP contribution is 2.18. The Bertz CT molecular complexity index is 365. The molecule has 1 aromatic heterocycles. The minimum absolute atomic E-state index is 0. The zero-order chi connectivity index (χ0) is 12.8. The molecule has 1 saturated heterocycles. The third-order valence-electron chi connectivity index (χ3n) is 3.16. The summed E-state index contributed by atoms with van der Waals surface area (Å²) in [5.41, 5.74) is 5.43. The highest BCUT2D eigenvalue weighted by molar-refractivity contribution is 7.12. The number of likely N-dealkylation sites (tertiary alicyclic amines) is 1. The zero-order valence-electron chi connectivity index (χ0n) is 10.9. The summed E-state index contributed by atoms with van der Waals surface area (Å²) in [5.74, 6) is 0.158. The van der Waals surface area contributed by atoms with E-state index in [1.807, 2.05) is 22.4 Å². The van der Waals surface area contributed by atoms with Gasteiger partial charge in [-0.3, -0.25) is 4.79 Å². The van der Waals surface area contributed by atoms with Crippen molar-refractivity contribution in [2.24, 2.45) is 5.73 Å². The molecule has 1 aliphatic heterocycles. The smallest absolute Gasteiger partial charge is 0.263 e. The number of nitrogens with zero attached hydrogens (tertiary/aromatic N) is 1. The molecule has 2 heterocycles. The first kappa shape index (κ1) is 16.4. The van der Waals surface area contributed by atoms with Gasteiger partial charge in [0.2, 0.25) is 0 Å². The number of hydrogen-bond donors (Lipinski definition) is 1. The fraction of sp³-hybridized carbons (Fsp3) is 0.615. The molecule has 1 amide bonds. The maximum Gasteiger partial charge on any atom is 0.263 e. The van der Waals surface area contributed by atoms with Crippen LogP contribution >= 0.6 is 23.7 Å². The fourth-order valence-electron chi connectivity index (χ4n) is 2.11. The van der Waals surface area contributed by atoms with Crippen LogP contribution in [0.1, 0.15) is 28.9 Å². The van der Waals surface area contributed by atoms with E-state index >= 15 is 0 Å². The molecular formula is C13H21ClN2O2S. The normalized spacial score (nSPS) is 16.2. The van der Waals surface area contributed by atoms with Gasteiger partial charge >= 0.3 is 0 Å². The average Bonchev–Trinajstić information content (AvgIpc) is 2.93. The Kier molecular flexibility index (Phi) is 7.38. The van der Waals surface area contributed by atoms with Crippen LogP contribution in [0.2, 0.25) is 0 Å². The summed E-state index contributed by atoms with van der Waals surface area (Å²) in [7, 11) is 0. The molecular weight excluding hydrogens is 284 g/mol. The summed E-state index contributed by atoms with van der Waals surface area (Å²) in [6.07, 6.45) is 3.07. The standard InChI is InChI=1S/C13H20N2O2S.ClH/c14-6-2-9-17-11-4-7-15(8-5-11)13(16)12-3-1-10-18-12;/h1,3,10-11H,2,4-9,14H2;1H. The Labute approximate surface area is 124 Å². The molecule has 0 aliphatic carbocycles. The first-order valence-electron chi connectivity index (χ1n) is 6.45. The van der Waals surface area contributed by atoms with Crippen LogP contribution in [-0.2, 0) is 4.74 Å². The third kappa shape index (κ3) is 4.76. The Hall–Kier alpha value is -0.620. The molecule has 19 heavy (non-hydrogen) atoms. The second-order valence-corrected chi connectivity index (χ2v) is 5.43. The molecule has 0 bridgehead atoms. The first-order chi connectivity index (χ1) is 8.81. The van der Waals surface area contributed by atoms with Gasteiger partial charge in [0, 0.05) is 19.7 Å². The van der Waals surface area contributed by atoms with Gasteiger partial charge in [0.25, 0.3) is 5.91 Å². The molecule has 1 aliphatic rings. The Balaban J connectivity index is 0.00000180. The van der Waals surface area contributed by atoms with Crippen molar-refractivity contribution in [1.82, 2.24) is 4.90 Å². The summed E-state index contributed by atoms with van der Waals surface area (Å²) in [6, 6.07) is 3.80. The number of piperidine rings is 1. The van der Waals surface area contributed by atoms with Crippen LogP contribution in [-0.4, -0.2) is 43.2 Å². The molecule has 0 unspecified atom stereocenters. The summed E-state index contributed by atoms with van der Waals surface area (Å²) in [6.45, 7) is 3.00. The van der Waals surface area contributed by atoms with Crippen molar-refractivity contribution in [2.75, 3.05) is 26.2 Å². The van der Waals surface area contributed by atoms with Crippen LogP contribution in [0.15, 0.2) is 17.5 Å². The lowest BCUT2D eigenvalue weighted by molar-refractivity contribution is 0.00858. The van der Waals surface area contributed by atoms with Crippen molar-refractivity contribution in [3.63, 3.8) is 0 Å². The van der Waals surface area contributed by atoms with E-state index in [9.17, 15) is 4.79 Å². The van der Waals surface area contributed by atoms with Crippen molar-refractivity contribution < 1.29 is 9.53 Å². The summed E-state index contributed by atoms with van der Waals surface area (Å²) in [4.78, 5) is 14.9. The van der Waals surface area contributed by atoms with Crippen molar-refractivity contribution >= 4 is 29.7 Å². The molecule has 0 spiro atoms. The van der Waals surface area contributed by atoms with Crippen molar-refractivity contribution in [2.45, 2.75) is 25.4 Å². The van der Waals surface area contributed by atoms with Gasteiger partial charge in [-0.1, -0.05) is 6.07 Å². The van der Waals surface area contributed by atoms with Gasteiger partial charge in [0.15, 0.2) is 0 Å². The number of nitrogens with two attached hydrogens (primary N) is 1. The van der Waals surface area contributed by atoms with E-state index in [0.29, 0.717) is 12.6 Å². The maximum absolute atomic E-state index is 12.1. The van der Waals surface area contributed by atoms with Crippen molar-refractivity contribution in [3.05, 3.63) is 22.4 Å². The van der Waals surface area contributed by atoms with Crippen LogP contribution in [0.4, 0.5) is 0 Å². The zero-order valence-corrected chi connectivity index (χ0v) is 12.5. The molecule has 1 aromatic rings. The lowest BCUT2D eigenvalue weighted by atomic mass is 10.1. The maximum atomic E-state index is 12.1. The molecule has 0 aromatic carbocycles. The van der Waals surface area contributed by atoms with E-state index in [4.69, 9.17) is 10.5 Å². The first-order valence-corrected chi connectivity index (χ1v) is 7.33. The third-order valence-corrected chi connectivity index (χ3v) is 4.02. The molecule has 2 rings (SSSR count). The van der Waals surface area contributed by atoms with Crippen molar-refractivity contribution in [3.8, 4) is 0 Å². The quantitative estimate of drug-likeness (QED) is 0.848. The summed E-state index contributed by atoms with van der Waals surface area (Å²) >= 11 is 1.51. The number of amides is 1. The van der Waals surface area contributed by atoms with Crippen LogP contribution < -0.4 is 5.73 Å². The van der Waals surface area contributed by atoms with E-state index in [0.717, 1.165) is 43.8 Å². The number of hydrogen-bond acceptors (Lipinski definition) is 4. The van der Waals surface area contributed by atoms with Gasteiger partial charge in [-0.05, 0) is 37.3 Å². The van der Waals surface area contributed by atoms with Gasteiger partial charge in [0.1, 0.15) is 0 Å². The predicted octanol–water partition coefficient (Wildman–Crippen LogP) is 2.14. The second-order valence-electron chi connectivity index (χ2n) is 4.48. The average molecular weight is 305 g/mol. The van der Waals surface area contributed by atoms with Gasteiger partial charge in [-0.2, -0.15) is 0 Å². The summed E-state index contributed by atoms with van der Waals surface area (Å²) in [5, 5.41) is 1.94. The molecule has 6 heteroatoms. The minimum Gasteiger partial charge on any atom is -0.378 e. The van der Waals surface area contributed by atoms with E-state index in [1.165, 1.54) is 11.3 Å². The number of halogens is 1. The molecule has 4 nitrogen and oxygen atoms in total. The van der Waals surface area contributed by atoms with Crippen molar-refractivity contribution in [1.29, 1.82) is 0 Å². The van der Waals surface area contributed by atoms with Gasteiger partial charge in [-0.15, -0.1) is 23.7 Å². The van der Waals surface area contributed by atoms with E-state index in [2.05, 4.69) is 0 Å². The molecule has 0 radical (unpaired) electrons. The molecule has 2 N–H and O–H groups in total. The topological polar surface area (TPSA) is 55.6 Å².